The lowest BCUT2D eigenvalue weighted by Crippen LogP contribution is -2.48. The fourth-order valence-corrected chi connectivity index (χ4v) is 4.01. The molecule has 1 amide bonds. The molecule has 0 bridgehead atoms. The minimum Gasteiger partial charge on any atom is -0.478 e. The van der Waals surface area contributed by atoms with Crippen LogP contribution in [0.4, 0.5) is 5.82 Å². The van der Waals surface area contributed by atoms with Crippen molar-refractivity contribution in [2.24, 2.45) is 0 Å². The number of carbonyl (C=O) groups excluding carboxylic acids is 1. The first-order chi connectivity index (χ1) is 14.1. The van der Waals surface area contributed by atoms with Gasteiger partial charge in [-0.25, -0.2) is 14.8 Å². The van der Waals surface area contributed by atoms with Crippen LogP contribution in [0.25, 0.3) is 0 Å². The summed E-state index contributed by atoms with van der Waals surface area (Å²) in [7, 11) is 0. The predicted molar refractivity (Wildman–Crippen MR) is 118 cm³/mol. The highest BCUT2D eigenvalue weighted by Gasteiger charge is 2.23. The quantitative estimate of drug-likeness (QED) is 0.577. The number of hydrogen-bond acceptors (Lipinski definition) is 6. The maximum Gasteiger partial charge on any atom is 0.335 e. The van der Waals surface area contributed by atoms with Crippen molar-refractivity contribution in [3.8, 4) is 0 Å². The number of carboxylic acids is 1. The van der Waals surface area contributed by atoms with E-state index < -0.39 is 5.97 Å². The molecule has 1 aliphatic rings. The van der Waals surface area contributed by atoms with Crippen LogP contribution >= 0.6 is 11.8 Å². The molecule has 8 heteroatoms. The fourth-order valence-electron chi connectivity index (χ4n) is 3.22. The molecular weight excluding hydrogens is 400 g/mol. The van der Waals surface area contributed by atoms with E-state index in [4.69, 9.17) is 9.97 Å². The molecule has 1 N–H and O–H groups in total. The van der Waals surface area contributed by atoms with Gasteiger partial charge in [0.05, 0.1) is 11.3 Å². The predicted octanol–water partition coefficient (Wildman–Crippen LogP) is 3.43. The Labute approximate surface area is 181 Å². The first-order valence-electron chi connectivity index (χ1n) is 9.98. The Morgan fingerprint density at radius 2 is 1.80 bits per heavy atom. The Hall–Kier alpha value is -2.61. The number of rotatable bonds is 5. The van der Waals surface area contributed by atoms with Crippen molar-refractivity contribution in [1.29, 1.82) is 0 Å². The molecule has 0 radical (unpaired) electrons. The molecule has 0 atom stereocenters. The lowest BCUT2D eigenvalue weighted by atomic mass is 9.92. The zero-order chi connectivity index (χ0) is 21.9. The van der Waals surface area contributed by atoms with Crippen LogP contribution < -0.4 is 4.90 Å². The first-order valence-corrected chi connectivity index (χ1v) is 11.0. The van der Waals surface area contributed by atoms with Gasteiger partial charge in [0.25, 0.3) is 0 Å². The molecule has 7 nitrogen and oxygen atoms in total. The molecule has 1 fully saturated rings. The number of aromatic nitrogens is 2. The molecule has 0 unspecified atom stereocenters. The van der Waals surface area contributed by atoms with E-state index in [1.807, 2.05) is 17.0 Å². The Kier molecular flexibility index (Phi) is 6.65. The van der Waals surface area contributed by atoms with E-state index in [0.29, 0.717) is 24.0 Å². The Balaban J connectivity index is 1.80. The van der Waals surface area contributed by atoms with Crippen molar-refractivity contribution in [3.05, 3.63) is 47.2 Å². The maximum atomic E-state index is 11.6. The van der Waals surface area contributed by atoms with Gasteiger partial charge in [-0.15, -0.1) is 0 Å². The minimum atomic E-state index is -0.931. The largest absolute Gasteiger partial charge is 0.478 e. The molecule has 30 heavy (non-hydrogen) atoms. The standard InChI is InChI=1S/C22H28N4O3S/c1-15(27)25-8-10-26(11-9-25)19-13-18(22(2,3)4)23-21(24-19)30-14-16-6-5-7-17(12-16)20(28)29/h5-7,12-13H,8-11,14H2,1-4H3,(H,28,29). The third-order valence-corrected chi connectivity index (χ3v) is 5.97. The second-order valence-corrected chi connectivity index (χ2v) is 9.37. The van der Waals surface area contributed by atoms with Crippen LogP contribution in [-0.2, 0) is 16.0 Å². The summed E-state index contributed by atoms with van der Waals surface area (Å²) in [6, 6.07) is 8.98. The van der Waals surface area contributed by atoms with Gasteiger partial charge in [-0.2, -0.15) is 0 Å². The molecule has 2 aromatic rings. The lowest BCUT2D eigenvalue weighted by molar-refractivity contribution is -0.129. The second-order valence-electron chi connectivity index (χ2n) is 8.43. The van der Waals surface area contributed by atoms with E-state index in [1.165, 1.54) is 11.8 Å². The van der Waals surface area contributed by atoms with E-state index in [0.717, 1.165) is 30.2 Å². The van der Waals surface area contributed by atoms with Crippen LogP contribution in [0.1, 0.15) is 49.3 Å². The van der Waals surface area contributed by atoms with Gasteiger partial charge >= 0.3 is 5.97 Å². The highest BCUT2D eigenvalue weighted by atomic mass is 32.2. The molecule has 0 saturated carbocycles. The molecular formula is C22H28N4O3S. The molecule has 1 saturated heterocycles. The van der Waals surface area contributed by atoms with Crippen LogP contribution in [-0.4, -0.2) is 58.0 Å². The van der Waals surface area contributed by atoms with Gasteiger partial charge in [-0.1, -0.05) is 44.7 Å². The highest BCUT2D eigenvalue weighted by Crippen LogP contribution is 2.29. The smallest absolute Gasteiger partial charge is 0.335 e. The van der Waals surface area contributed by atoms with Crippen LogP contribution in [0.15, 0.2) is 35.5 Å². The van der Waals surface area contributed by atoms with Crippen molar-refractivity contribution in [3.63, 3.8) is 0 Å². The van der Waals surface area contributed by atoms with Gasteiger partial charge in [-0.3, -0.25) is 4.79 Å². The average molecular weight is 429 g/mol. The van der Waals surface area contributed by atoms with Gasteiger partial charge in [0.15, 0.2) is 5.16 Å². The summed E-state index contributed by atoms with van der Waals surface area (Å²) in [4.78, 5) is 36.4. The summed E-state index contributed by atoms with van der Waals surface area (Å²) in [6.07, 6.45) is 0. The number of hydrogen-bond donors (Lipinski definition) is 1. The van der Waals surface area contributed by atoms with Crippen molar-refractivity contribution in [2.75, 3.05) is 31.1 Å². The van der Waals surface area contributed by atoms with Gasteiger partial charge < -0.3 is 14.9 Å². The number of carboxylic acid groups (broad SMARTS) is 1. The molecule has 0 aliphatic carbocycles. The Bertz CT molecular complexity index is 934. The number of aromatic carboxylic acids is 1. The van der Waals surface area contributed by atoms with Gasteiger partial charge in [0.1, 0.15) is 5.82 Å². The van der Waals surface area contributed by atoms with Crippen molar-refractivity contribution >= 4 is 29.5 Å². The highest BCUT2D eigenvalue weighted by molar-refractivity contribution is 7.98. The summed E-state index contributed by atoms with van der Waals surface area (Å²) < 4.78 is 0. The molecule has 2 heterocycles. The molecule has 160 valence electrons. The number of piperazine rings is 1. The van der Waals surface area contributed by atoms with Crippen molar-refractivity contribution in [2.45, 2.75) is 44.0 Å². The monoisotopic (exact) mass is 428 g/mol. The lowest BCUT2D eigenvalue weighted by Gasteiger charge is -2.35. The molecule has 1 aromatic carbocycles. The third kappa shape index (κ3) is 5.50. The topological polar surface area (TPSA) is 86.6 Å². The SMILES string of the molecule is CC(=O)N1CCN(c2cc(C(C)(C)C)nc(SCc3cccc(C(=O)O)c3)n2)CC1. The maximum absolute atomic E-state index is 11.6. The molecule has 1 aliphatic heterocycles. The number of carbonyl (C=O) groups is 2. The number of thioether (sulfide) groups is 1. The normalized spacial score (nSPS) is 14.7. The summed E-state index contributed by atoms with van der Waals surface area (Å²) in [5.41, 5.74) is 2.03. The van der Waals surface area contributed by atoms with Crippen LogP contribution in [0, 0.1) is 0 Å². The molecule has 1 aromatic heterocycles. The first kappa shape index (κ1) is 22.1. The fraction of sp³-hybridized carbons (Fsp3) is 0.455. The number of benzene rings is 1. The van der Waals surface area contributed by atoms with Gasteiger partial charge in [0, 0.05) is 50.3 Å². The molecule has 3 rings (SSSR count). The summed E-state index contributed by atoms with van der Waals surface area (Å²) >= 11 is 1.50. The van der Waals surface area contributed by atoms with Crippen LogP contribution in [0.3, 0.4) is 0 Å². The van der Waals surface area contributed by atoms with Crippen LogP contribution in [0.2, 0.25) is 0 Å². The third-order valence-electron chi connectivity index (χ3n) is 5.05. The van der Waals surface area contributed by atoms with Crippen molar-refractivity contribution < 1.29 is 14.7 Å². The van der Waals surface area contributed by atoms with E-state index >= 15 is 0 Å². The summed E-state index contributed by atoms with van der Waals surface area (Å²) in [6.45, 7) is 10.8. The van der Waals surface area contributed by atoms with Crippen LogP contribution in [0.5, 0.6) is 0 Å². The zero-order valence-corrected chi connectivity index (χ0v) is 18.7. The van der Waals surface area contributed by atoms with E-state index in [2.05, 4.69) is 25.7 Å². The second kappa shape index (κ2) is 9.04. The number of nitrogens with zero attached hydrogens (tertiary/aromatic N) is 4. The van der Waals surface area contributed by atoms with Gasteiger partial charge in [0.2, 0.25) is 5.91 Å². The van der Waals surface area contributed by atoms with E-state index in [9.17, 15) is 14.7 Å². The summed E-state index contributed by atoms with van der Waals surface area (Å²) in [5.74, 6) is 0.638. The number of anilines is 1. The van der Waals surface area contributed by atoms with Gasteiger partial charge in [-0.05, 0) is 17.7 Å². The zero-order valence-electron chi connectivity index (χ0n) is 17.9. The minimum absolute atomic E-state index is 0.104. The van der Waals surface area contributed by atoms with E-state index in [-0.39, 0.29) is 16.9 Å². The Morgan fingerprint density at radius 1 is 1.10 bits per heavy atom. The van der Waals surface area contributed by atoms with E-state index in [1.54, 1.807) is 25.1 Å². The molecule has 0 spiro atoms. The average Bonchev–Trinajstić information content (AvgIpc) is 2.71. The Morgan fingerprint density at radius 3 is 2.40 bits per heavy atom. The summed E-state index contributed by atoms with van der Waals surface area (Å²) in [5, 5.41) is 9.87. The van der Waals surface area contributed by atoms with Crippen molar-refractivity contribution in [1.82, 2.24) is 14.9 Å². The number of amides is 1.